The van der Waals surface area contributed by atoms with E-state index in [1.807, 2.05) is 19.9 Å². The largest absolute Gasteiger partial charge is 0.495 e. The van der Waals surface area contributed by atoms with Crippen LogP contribution in [0.2, 0.25) is 0 Å². The zero-order valence-corrected chi connectivity index (χ0v) is 12.9. The van der Waals surface area contributed by atoms with Crippen molar-refractivity contribution in [1.29, 1.82) is 5.26 Å². The number of nitriles is 1. The molecule has 0 bridgehead atoms. The van der Waals surface area contributed by atoms with E-state index in [1.54, 1.807) is 6.07 Å². The second kappa shape index (κ2) is 6.58. The van der Waals surface area contributed by atoms with Crippen LogP contribution in [0.3, 0.4) is 0 Å². The minimum Gasteiger partial charge on any atom is -0.495 e. The fourth-order valence-corrected chi connectivity index (χ4v) is 2.26. The molecule has 0 N–H and O–H groups in total. The lowest BCUT2D eigenvalue weighted by molar-refractivity contribution is -0.139. The number of carbonyl (C=O) groups excluding carboxylic acids is 1. The lowest BCUT2D eigenvalue weighted by Crippen LogP contribution is -2.11. The van der Waals surface area contributed by atoms with E-state index in [1.165, 1.54) is 14.2 Å². The van der Waals surface area contributed by atoms with Gasteiger partial charge in [0.15, 0.2) is 0 Å². The van der Waals surface area contributed by atoms with Crippen LogP contribution in [-0.2, 0) is 9.53 Å². The average molecular weight is 326 g/mol. The molecular formula is C14H16BrNO3. The molecule has 0 heterocycles. The Balaban J connectivity index is 3.47. The van der Waals surface area contributed by atoms with E-state index in [9.17, 15) is 10.1 Å². The van der Waals surface area contributed by atoms with Gasteiger partial charge >= 0.3 is 5.97 Å². The fourth-order valence-electron chi connectivity index (χ4n) is 1.74. The van der Waals surface area contributed by atoms with E-state index in [2.05, 4.69) is 22.0 Å². The Bertz CT molecular complexity index is 520. The first-order valence-corrected chi connectivity index (χ1v) is 6.71. The summed E-state index contributed by atoms with van der Waals surface area (Å²) in [7, 11) is 2.80. The highest BCUT2D eigenvalue weighted by atomic mass is 79.9. The maximum absolute atomic E-state index is 11.7. The van der Waals surface area contributed by atoms with Crippen molar-refractivity contribution in [3.63, 3.8) is 0 Å². The molecule has 4 nitrogen and oxygen atoms in total. The molecule has 0 aliphatic rings. The van der Waals surface area contributed by atoms with Gasteiger partial charge in [0.05, 0.1) is 19.8 Å². The number of rotatable bonds is 4. The van der Waals surface area contributed by atoms with Gasteiger partial charge in [-0.25, -0.2) is 0 Å². The molecule has 1 atom stereocenters. The molecule has 0 saturated heterocycles. The maximum atomic E-state index is 11.7. The number of esters is 1. The molecule has 1 aromatic rings. The molecule has 0 spiro atoms. The molecular weight excluding hydrogens is 310 g/mol. The third-order valence-electron chi connectivity index (χ3n) is 2.81. The van der Waals surface area contributed by atoms with Crippen LogP contribution in [0.4, 0.5) is 0 Å². The van der Waals surface area contributed by atoms with Gasteiger partial charge in [-0.2, -0.15) is 5.26 Å². The number of methoxy groups -OCH3 is 2. The number of benzene rings is 1. The fraction of sp³-hybridized carbons (Fsp3) is 0.429. The van der Waals surface area contributed by atoms with Gasteiger partial charge in [-0.1, -0.05) is 35.8 Å². The van der Waals surface area contributed by atoms with E-state index in [4.69, 9.17) is 9.47 Å². The first-order chi connectivity index (χ1) is 8.96. The standard InChI is InChI=1S/C14H16BrNO3/c1-8(2)9-5-10(7-16)13(18-3)11(6-9)12(15)14(17)19-4/h5-6,8,12H,1-4H3. The molecule has 0 saturated carbocycles. The molecule has 0 radical (unpaired) electrons. The Morgan fingerprint density at radius 1 is 1.37 bits per heavy atom. The number of nitrogens with zero attached hydrogens (tertiary/aromatic N) is 1. The Kier molecular flexibility index (Phi) is 5.37. The van der Waals surface area contributed by atoms with E-state index in [-0.39, 0.29) is 5.92 Å². The molecule has 0 aromatic heterocycles. The summed E-state index contributed by atoms with van der Waals surface area (Å²) >= 11 is 3.29. The molecule has 0 fully saturated rings. The number of carbonyl (C=O) groups is 1. The summed E-state index contributed by atoms with van der Waals surface area (Å²) in [6.45, 7) is 4.04. The summed E-state index contributed by atoms with van der Waals surface area (Å²) in [5, 5.41) is 9.20. The maximum Gasteiger partial charge on any atom is 0.324 e. The monoisotopic (exact) mass is 325 g/mol. The van der Waals surface area contributed by atoms with E-state index < -0.39 is 10.8 Å². The van der Waals surface area contributed by atoms with Crippen molar-refractivity contribution in [3.05, 3.63) is 28.8 Å². The lowest BCUT2D eigenvalue weighted by Gasteiger charge is -2.17. The van der Waals surface area contributed by atoms with Gasteiger partial charge in [-0.15, -0.1) is 0 Å². The van der Waals surface area contributed by atoms with Crippen LogP contribution in [0.25, 0.3) is 0 Å². The van der Waals surface area contributed by atoms with Gasteiger partial charge in [-0.3, -0.25) is 4.79 Å². The second-order valence-electron chi connectivity index (χ2n) is 4.34. The van der Waals surface area contributed by atoms with Crippen LogP contribution in [0, 0.1) is 11.3 Å². The minimum absolute atomic E-state index is 0.245. The van der Waals surface area contributed by atoms with E-state index in [0.29, 0.717) is 16.9 Å². The molecule has 19 heavy (non-hydrogen) atoms. The average Bonchev–Trinajstić information content (AvgIpc) is 2.43. The Morgan fingerprint density at radius 2 is 2.00 bits per heavy atom. The molecule has 0 aliphatic heterocycles. The molecule has 102 valence electrons. The molecule has 5 heteroatoms. The number of alkyl halides is 1. The van der Waals surface area contributed by atoms with Gasteiger partial charge in [0.1, 0.15) is 16.6 Å². The third kappa shape index (κ3) is 3.27. The topological polar surface area (TPSA) is 59.3 Å². The van der Waals surface area contributed by atoms with Gasteiger partial charge in [-0.05, 0) is 17.5 Å². The van der Waals surface area contributed by atoms with Crippen molar-refractivity contribution < 1.29 is 14.3 Å². The first kappa shape index (κ1) is 15.5. The van der Waals surface area contributed by atoms with Gasteiger partial charge in [0.25, 0.3) is 0 Å². The third-order valence-corrected chi connectivity index (χ3v) is 3.68. The molecule has 1 rings (SSSR count). The van der Waals surface area contributed by atoms with Gasteiger partial charge in [0.2, 0.25) is 0 Å². The highest BCUT2D eigenvalue weighted by Crippen LogP contribution is 2.37. The Morgan fingerprint density at radius 3 is 2.42 bits per heavy atom. The summed E-state index contributed by atoms with van der Waals surface area (Å²) in [4.78, 5) is 11.0. The predicted molar refractivity (Wildman–Crippen MR) is 75.5 cm³/mol. The van der Waals surface area contributed by atoms with Crippen molar-refractivity contribution in [1.82, 2.24) is 0 Å². The predicted octanol–water partition coefficient (Wildman–Crippen LogP) is 3.30. The van der Waals surface area contributed by atoms with Crippen molar-refractivity contribution in [3.8, 4) is 11.8 Å². The lowest BCUT2D eigenvalue weighted by atomic mass is 9.95. The summed E-state index contributed by atoms with van der Waals surface area (Å²) in [6, 6.07) is 5.74. The number of halogens is 1. The van der Waals surface area contributed by atoms with Crippen LogP contribution in [-0.4, -0.2) is 20.2 Å². The van der Waals surface area contributed by atoms with Crippen molar-refractivity contribution in [2.24, 2.45) is 0 Å². The molecule has 1 unspecified atom stereocenters. The highest BCUT2D eigenvalue weighted by Gasteiger charge is 2.25. The Labute approximate surface area is 121 Å². The van der Waals surface area contributed by atoms with E-state index in [0.717, 1.165) is 5.56 Å². The van der Waals surface area contributed by atoms with Crippen LogP contribution in [0.5, 0.6) is 5.75 Å². The SMILES string of the molecule is COC(=O)C(Br)c1cc(C(C)C)cc(C#N)c1OC. The first-order valence-electron chi connectivity index (χ1n) is 5.80. The molecule has 1 aromatic carbocycles. The number of hydrogen-bond donors (Lipinski definition) is 0. The molecule has 0 amide bonds. The summed E-state index contributed by atoms with van der Waals surface area (Å²) in [6.07, 6.45) is 0. The number of ether oxygens (including phenoxy) is 2. The van der Waals surface area contributed by atoms with Crippen LogP contribution < -0.4 is 4.74 Å². The minimum atomic E-state index is -0.654. The quantitative estimate of drug-likeness (QED) is 0.629. The van der Waals surface area contributed by atoms with Crippen LogP contribution >= 0.6 is 15.9 Å². The summed E-state index contributed by atoms with van der Waals surface area (Å²) in [5.41, 5.74) is 2.00. The highest BCUT2D eigenvalue weighted by molar-refractivity contribution is 9.09. The smallest absolute Gasteiger partial charge is 0.324 e. The van der Waals surface area contributed by atoms with Crippen molar-refractivity contribution in [2.45, 2.75) is 24.6 Å². The van der Waals surface area contributed by atoms with Crippen LogP contribution in [0.1, 0.15) is 41.3 Å². The van der Waals surface area contributed by atoms with Crippen molar-refractivity contribution >= 4 is 21.9 Å². The van der Waals surface area contributed by atoms with E-state index >= 15 is 0 Å². The molecule has 0 aliphatic carbocycles. The zero-order chi connectivity index (χ0) is 14.6. The normalized spacial score (nSPS) is 11.8. The summed E-state index contributed by atoms with van der Waals surface area (Å²) in [5.74, 6) is 0.219. The van der Waals surface area contributed by atoms with Crippen molar-refractivity contribution in [2.75, 3.05) is 14.2 Å². The van der Waals surface area contributed by atoms with Crippen LogP contribution in [0.15, 0.2) is 12.1 Å². The second-order valence-corrected chi connectivity index (χ2v) is 5.26. The zero-order valence-electron chi connectivity index (χ0n) is 11.4. The summed E-state index contributed by atoms with van der Waals surface area (Å²) < 4.78 is 9.97. The van der Waals surface area contributed by atoms with Gasteiger partial charge < -0.3 is 9.47 Å². The Hall–Kier alpha value is -1.54. The number of hydrogen-bond acceptors (Lipinski definition) is 4. The van der Waals surface area contributed by atoms with Gasteiger partial charge in [0, 0.05) is 5.56 Å².